The molecule has 0 saturated carbocycles. The summed E-state index contributed by atoms with van der Waals surface area (Å²) >= 11 is 0. The van der Waals surface area contributed by atoms with E-state index in [9.17, 15) is 4.79 Å². The summed E-state index contributed by atoms with van der Waals surface area (Å²) in [5.41, 5.74) is 0.983. The molecule has 1 aromatic heterocycles. The van der Waals surface area contributed by atoms with Gasteiger partial charge in [-0.15, -0.1) is 0 Å². The number of carbonyl (C=O) groups is 1. The molecular formula is C18H22N4O. The van der Waals surface area contributed by atoms with Crippen molar-refractivity contribution >= 4 is 5.91 Å². The highest BCUT2D eigenvalue weighted by Crippen LogP contribution is 2.47. The molecule has 1 spiro atoms. The second kappa shape index (κ2) is 5.49. The number of rotatable bonds is 3. The molecule has 2 aromatic rings. The first-order valence-electron chi connectivity index (χ1n) is 8.21. The van der Waals surface area contributed by atoms with E-state index in [0.29, 0.717) is 0 Å². The van der Waals surface area contributed by atoms with E-state index < -0.39 is 0 Å². The molecule has 0 unspecified atom stereocenters. The summed E-state index contributed by atoms with van der Waals surface area (Å²) in [4.78, 5) is 19.4. The largest absolute Gasteiger partial charge is 0.355 e. The van der Waals surface area contributed by atoms with Gasteiger partial charge in [-0.05, 0) is 18.5 Å². The number of benzene rings is 1. The highest BCUT2D eigenvalue weighted by Gasteiger charge is 2.54. The standard InChI is InChI=1S/C18H22N4O/c1-21-10-8-19-16(21)12-22-9-7-18(13-22)15(11-20-17(18)23)14-5-3-2-4-6-14/h2-6,8,10,15H,7,9,11-13H2,1H3,(H,20,23)/t15-,18-/m0/s1. The van der Waals surface area contributed by atoms with E-state index in [1.54, 1.807) is 0 Å². The van der Waals surface area contributed by atoms with Gasteiger partial charge >= 0.3 is 0 Å². The Balaban J connectivity index is 1.57. The van der Waals surface area contributed by atoms with Crippen LogP contribution in [0.15, 0.2) is 42.7 Å². The predicted molar refractivity (Wildman–Crippen MR) is 87.7 cm³/mol. The van der Waals surface area contributed by atoms with Gasteiger partial charge in [0, 0.05) is 38.4 Å². The minimum Gasteiger partial charge on any atom is -0.355 e. The van der Waals surface area contributed by atoms with Crippen LogP contribution in [0.3, 0.4) is 0 Å². The maximum absolute atomic E-state index is 12.6. The molecule has 0 aliphatic carbocycles. The zero-order valence-corrected chi connectivity index (χ0v) is 13.4. The second-order valence-electron chi connectivity index (χ2n) is 6.74. The van der Waals surface area contributed by atoms with Gasteiger partial charge in [0.2, 0.25) is 5.91 Å². The van der Waals surface area contributed by atoms with Crippen LogP contribution in [0.4, 0.5) is 0 Å². The Labute approximate surface area is 136 Å². The summed E-state index contributed by atoms with van der Waals surface area (Å²) in [6, 6.07) is 10.4. The summed E-state index contributed by atoms with van der Waals surface area (Å²) in [7, 11) is 2.02. The topological polar surface area (TPSA) is 50.2 Å². The second-order valence-corrected chi connectivity index (χ2v) is 6.74. The maximum atomic E-state index is 12.6. The van der Waals surface area contributed by atoms with Crippen LogP contribution in [0.2, 0.25) is 0 Å². The number of nitrogens with one attached hydrogen (secondary N) is 1. The van der Waals surface area contributed by atoms with Gasteiger partial charge in [-0.2, -0.15) is 0 Å². The number of aryl methyl sites for hydroxylation is 1. The molecule has 1 amide bonds. The molecule has 1 aromatic carbocycles. The third kappa shape index (κ3) is 2.36. The SMILES string of the molecule is Cn1ccnc1CN1CC[C@@]2(C1)C(=O)NC[C@H]2c1ccccc1. The molecule has 23 heavy (non-hydrogen) atoms. The van der Waals surface area contributed by atoms with Crippen LogP contribution >= 0.6 is 0 Å². The molecule has 1 N–H and O–H groups in total. The van der Waals surface area contributed by atoms with E-state index in [2.05, 4.69) is 39.5 Å². The first kappa shape index (κ1) is 14.5. The zero-order chi connectivity index (χ0) is 15.9. The van der Waals surface area contributed by atoms with Gasteiger partial charge in [0.05, 0.1) is 12.0 Å². The molecule has 120 valence electrons. The van der Waals surface area contributed by atoms with Crippen LogP contribution in [0.5, 0.6) is 0 Å². The van der Waals surface area contributed by atoms with Gasteiger partial charge in [-0.1, -0.05) is 30.3 Å². The lowest BCUT2D eigenvalue weighted by atomic mass is 9.73. The Morgan fingerprint density at radius 3 is 2.91 bits per heavy atom. The maximum Gasteiger partial charge on any atom is 0.228 e. The number of carbonyl (C=O) groups excluding carboxylic acids is 1. The summed E-state index contributed by atoms with van der Waals surface area (Å²) in [5, 5.41) is 3.11. The average Bonchev–Trinajstić information content (AvgIpc) is 3.25. The summed E-state index contributed by atoms with van der Waals surface area (Å²) < 4.78 is 2.05. The Bertz CT molecular complexity index is 711. The smallest absolute Gasteiger partial charge is 0.228 e. The molecule has 2 aliphatic rings. The number of nitrogens with zero attached hydrogens (tertiary/aromatic N) is 3. The van der Waals surface area contributed by atoms with Crippen LogP contribution in [0.25, 0.3) is 0 Å². The van der Waals surface area contributed by atoms with Gasteiger partial charge in [0.25, 0.3) is 0 Å². The summed E-state index contributed by atoms with van der Waals surface area (Å²) in [5.74, 6) is 1.54. The van der Waals surface area contributed by atoms with Gasteiger partial charge < -0.3 is 9.88 Å². The summed E-state index contributed by atoms with van der Waals surface area (Å²) in [6.07, 6.45) is 4.72. The molecule has 3 heterocycles. The van der Waals surface area contributed by atoms with Crippen molar-refractivity contribution in [2.24, 2.45) is 12.5 Å². The Hall–Kier alpha value is -2.14. The van der Waals surface area contributed by atoms with Crippen molar-refractivity contribution in [1.82, 2.24) is 19.8 Å². The first-order chi connectivity index (χ1) is 11.2. The lowest BCUT2D eigenvalue weighted by Gasteiger charge is -2.28. The van der Waals surface area contributed by atoms with Gasteiger partial charge in [-0.3, -0.25) is 9.69 Å². The first-order valence-corrected chi connectivity index (χ1v) is 8.21. The molecule has 5 heteroatoms. The van der Waals surface area contributed by atoms with E-state index in [4.69, 9.17) is 0 Å². The highest BCUT2D eigenvalue weighted by atomic mass is 16.2. The molecule has 2 saturated heterocycles. The van der Waals surface area contributed by atoms with Crippen molar-refractivity contribution in [2.75, 3.05) is 19.6 Å². The molecule has 5 nitrogen and oxygen atoms in total. The molecule has 2 atom stereocenters. The fraction of sp³-hybridized carbons (Fsp3) is 0.444. The lowest BCUT2D eigenvalue weighted by molar-refractivity contribution is -0.127. The fourth-order valence-corrected chi connectivity index (χ4v) is 4.11. The molecule has 2 aliphatic heterocycles. The molecule has 4 rings (SSSR count). The van der Waals surface area contributed by atoms with E-state index >= 15 is 0 Å². The number of likely N-dealkylation sites (tertiary alicyclic amines) is 1. The Morgan fingerprint density at radius 1 is 1.35 bits per heavy atom. The van der Waals surface area contributed by atoms with Crippen molar-refractivity contribution in [3.8, 4) is 0 Å². The predicted octanol–water partition coefficient (Wildman–Crippen LogP) is 1.53. The molecule has 2 fully saturated rings. The number of amides is 1. The van der Waals surface area contributed by atoms with Crippen LogP contribution in [0.1, 0.15) is 23.7 Å². The monoisotopic (exact) mass is 310 g/mol. The van der Waals surface area contributed by atoms with E-state index in [0.717, 1.165) is 38.4 Å². The number of aromatic nitrogens is 2. The Morgan fingerprint density at radius 2 is 2.17 bits per heavy atom. The average molecular weight is 310 g/mol. The van der Waals surface area contributed by atoms with Crippen LogP contribution < -0.4 is 5.32 Å². The summed E-state index contributed by atoms with van der Waals surface area (Å²) in [6.45, 7) is 3.31. The van der Waals surface area contributed by atoms with Crippen molar-refractivity contribution in [2.45, 2.75) is 18.9 Å². The van der Waals surface area contributed by atoms with Crippen LogP contribution in [-0.4, -0.2) is 40.0 Å². The van der Waals surface area contributed by atoms with Gasteiger partial charge in [0.15, 0.2) is 0 Å². The molecule has 0 radical (unpaired) electrons. The van der Waals surface area contributed by atoms with E-state index in [-0.39, 0.29) is 17.2 Å². The number of hydrogen-bond donors (Lipinski definition) is 1. The van der Waals surface area contributed by atoms with Crippen molar-refractivity contribution in [1.29, 1.82) is 0 Å². The third-order valence-electron chi connectivity index (χ3n) is 5.45. The van der Waals surface area contributed by atoms with Crippen molar-refractivity contribution in [3.05, 3.63) is 54.1 Å². The molecular weight excluding hydrogens is 288 g/mol. The van der Waals surface area contributed by atoms with E-state index in [1.807, 2.05) is 30.1 Å². The molecule has 0 bridgehead atoms. The Kier molecular flexibility index (Phi) is 3.45. The fourth-order valence-electron chi connectivity index (χ4n) is 4.11. The normalized spacial score (nSPS) is 27.7. The van der Waals surface area contributed by atoms with Crippen molar-refractivity contribution < 1.29 is 4.79 Å². The van der Waals surface area contributed by atoms with Crippen molar-refractivity contribution in [3.63, 3.8) is 0 Å². The van der Waals surface area contributed by atoms with Gasteiger partial charge in [-0.25, -0.2) is 4.98 Å². The minimum absolute atomic E-state index is 0.216. The highest BCUT2D eigenvalue weighted by molar-refractivity contribution is 5.87. The zero-order valence-electron chi connectivity index (χ0n) is 13.4. The minimum atomic E-state index is -0.285. The lowest BCUT2D eigenvalue weighted by Crippen LogP contribution is -2.37. The number of imidazole rings is 1. The van der Waals surface area contributed by atoms with E-state index in [1.165, 1.54) is 5.56 Å². The quantitative estimate of drug-likeness (QED) is 0.935. The van der Waals surface area contributed by atoms with Gasteiger partial charge in [0.1, 0.15) is 5.82 Å². The third-order valence-corrected chi connectivity index (χ3v) is 5.45. The number of hydrogen-bond acceptors (Lipinski definition) is 3. The van der Waals surface area contributed by atoms with Crippen LogP contribution in [0, 0.1) is 5.41 Å². The van der Waals surface area contributed by atoms with Crippen LogP contribution in [-0.2, 0) is 18.4 Å².